The Morgan fingerprint density at radius 1 is 1.28 bits per heavy atom. The van der Waals surface area contributed by atoms with E-state index in [-0.39, 0.29) is 17.2 Å². The Kier molecular flexibility index (Phi) is 3.82. The molecule has 0 saturated carbocycles. The number of benzene rings is 1. The van der Waals surface area contributed by atoms with E-state index in [0.29, 0.717) is 0 Å². The molecule has 0 saturated heterocycles. The lowest BCUT2D eigenvalue weighted by Crippen LogP contribution is -2.13. The van der Waals surface area contributed by atoms with E-state index >= 15 is 0 Å². The van der Waals surface area contributed by atoms with E-state index in [9.17, 15) is 12.8 Å². The number of halogens is 2. The summed E-state index contributed by atoms with van der Waals surface area (Å²) < 4.78 is 38.9. The number of rotatable bonds is 4. The van der Waals surface area contributed by atoms with Crippen molar-refractivity contribution in [2.24, 2.45) is 0 Å². The minimum Gasteiger partial charge on any atom is -0.271 e. The first-order chi connectivity index (χ1) is 8.47. The lowest BCUT2D eigenvalue weighted by Gasteiger charge is -2.04. The molecule has 0 aliphatic rings. The number of nitrogens with zero attached hydrogens (tertiary/aromatic N) is 2. The van der Waals surface area contributed by atoms with E-state index in [0.717, 1.165) is 16.6 Å². The maximum Gasteiger partial charge on any atom is 0.180 e. The number of sulfone groups is 1. The Morgan fingerprint density at radius 2 is 1.94 bits per heavy atom. The first kappa shape index (κ1) is 13.2. The van der Waals surface area contributed by atoms with Crippen LogP contribution in [0.4, 0.5) is 4.39 Å². The molecule has 2 aromatic rings. The van der Waals surface area contributed by atoms with Crippen LogP contribution < -0.4 is 0 Å². The average Bonchev–Trinajstić information content (AvgIpc) is 2.73. The molecule has 1 heterocycles. The second-order valence-electron chi connectivity index (χ2n) is 3.69. The first-order valence-electron chi connectivity index (χ1n) is 5.14. The predicted octanol–water partition coefficient (Wildman–Crippen LogP) is 2.26. The second-order valence-corrected chi connectivity index (χ2v) is 6.72. The summed E-state index contributed by atoms with van der Waals surface area (Å²) in [4.78, 5) is 0.120. The number of hydrogen-bond acceptors (Lipinski definition) is 3. The molecule has 0 unspecified atom stereocenters. The topological polar surface area (TPSA) is 52.0 Å². The fraction of sp³-hybridized carbons (Fsp3) is 0.182. The quantitative estimate of drug-likeness (QED) is 0.807. The van der Waals surface area contributed by atoms with Crippen LogP contribution in [0.1, 0.15) is 0 Å². The standard InChI is InChI=1S/C11H10BrFN2O2S/c12-9-7-14-15(8-9)5-6-18(16,17)11-3-1-10(13)2-4-11/h1-4,7-8H,5-6H2. The van der Waals surface area contributed by atoms with Gasteiger partial charge in [0.15, 0.2) is 9.84 Å². The van der Waals surface area contributed by atoms with Gasteiger partial charge in [0.1, 0.15) is 5.82 Å². The van der Waals surface area contributed by atoms with Crippen molar-refractivity contribution in [3.05, 3.63) is 46.9 Å². The van der Waals surface area contributed by atoms with Gasteiger partial charge in [0.2, 0.25) is 0 Å². The highest BCUT2D eigenvalue weighted by Gasteiger charge is 2.14. The molecule has 1 aromatic carbocycles. The highest BCUT2D eigenvalue weighted by Crippen LogP contribution is 2.13. The molecule has 4 nitrogen and oxygen atoms in total. The molecule has 1 aromatic heterocycles. The van der Waals surface area contributed by atoms with Crippen molar-refractivity contribution < 1.29 is 12.8 Å². The summed E-state index contributed by atoms with van der Waals surface area (Å²) in [6.45, 7) is 0.255. The van der Waals surface area contributed by atoms with Crippen LogP contribution in [0, 0.1) is 5.82 Å². The predicted molar refractivity (Wildman–Crippen MR) is 68.4 cm³/mol. The summed E-state index contributed by atoms with van der Waals surface area (Å²) in [6, 6.07) is 4.81. The van der Waals surface area contributed by atoms with E-state index in [1.165, 1.54) is 16.8 Å². The van der Waals surface area contributed by atoms with Gasteiger partial charge in [-0.2, -0.15) is 5.10 Å². The van der Waals surface area contributed by atoms with Crippen LogP contribution in [0.5, 0.6) is 0 Å². The van der Waals surface area contributed by atoms with Gasteiger partial charge >= 0.3 is 0 Å². The lowest BCUT2D eigenvalue weighted by molar-refractivity contribution is 0.580. The van der Waals surface area contributed by atoms with Crippen molar-refractivity contribution >= 4 is 25.8 Å². The first-order valence-corrected chi connectivity index (χ1v) is 7.58. The third kappa shape index (κ3) is 3.17. The van der Waals surface area contributed by atoms with Crippen molar-refractivity contribution in [2.45, 2.75) is 11.4 Å². The van der Waals surface area contributed by atoms with Gasteiger partial charge in [-0.3, -0.25) is 4.68 Å². The van der Waals surface area contributed by atoms with E-state index in [1.54, 1.807) is 12.4 Å². The summed E-state index contributed by atoms with van der Waals surface area (Å²) in [6.07, 6.45) is 3.28. The number of hydrogen-bond donors (Lipinski definition) is 0. The molecule has 96 valence electrons. The van der Waals surface area contributed by atoms with Crippen molar-refractivity contribution in [1.29, 1.82) is 0 Å². The molecule has 0 radical (unpaired) electrons. The lowest BCUT2D eigenvalue weighted by atomic mass is 10.4. The molecule has 18 heavy (non-hydrogen) atoms. The van der Waals surface area contributed by atoms with Gasteiger partial charge in [0.25, 0.3) is 0 Å². The Labute approximate surface area is 112 Å². The van der Waals surface area contributed by atoms with E-state index in [4.69, 9.17) is 0 Å². The fourth-order valence-corrected chi connectivity index (χ4v) is 2.98. The number of aromatic nitrogens is 2. The van der Waals surface area contributed by atoms with Crippen LogP contribution >= 0.6 is 15.9 Å². The zero-order valence-electron chi connectivity index (χ0n) is 9.25. The van der Waals surface area contributed by atoms with Gasteiger partial charge in [-0.15, -0.1) is 0 Å². The van der Waals surface area contributed by atoms with Crippen LogP contribution in [-0.2, 0) is 16.4 Å². The Bertz CT molecular complexity index is 637. The Morgan fingerprint density at radius 3 is 2.50 bits per heavy atom. The molecule has 0 N–H and O–H groups in total. The minimum atomic E-state index is -3.41. The average molecular weight is 333 g/mol. The monoisotopic (exact) mass is 332 g/mol. The van der Waals surface area contributed by atoms with Gasteiger partial charge < -0.3 is 0 Å². The van der Waals surface area contributed by atoms with Crippen LogP contribution in [0.15, 0.2) is 46.0 Å². The Balaban J connectivity index is 2.10. The van der Waals surface area contributed by atoms with E-state index in [1.807, 2.05) is 0 Å². The van der Waals surface area contributed by atoms with E-state index < -0.39 is 15.7 Å². The van der Waals surface area contributed by atoms with Gasteiger partial charge in [-0.1, -0.05) is 0 Å². The summed E-state index contributed by atoms with van der Waals surface area (Å²) in [5.74, 6) is -0.530. The van der Waals surface area contributed by atoms with Gasteiger partial charge in [0.05, 0.1) is 27.9 Å². The molecule has 0 amide bonds. The SMILES string of the molecule is O=S(=O)(CCn1cc(Br)cn1)c1ccc(F)cc1. The molecular weight excluding hydrogens is 323 g/mol. The minimum absolute atomic E-state index is 0.0766. The highest BCUT2D eigenvalue weighted by molar-refractivity contribution is 9.10. The third-order valence-corrected chi connectivity index (χ3v) is 4.48. The molecule has 0 bridgehead atoms. The molecular formula is C11H10BrFN2O2S. The Hall–Kier alpha value is -1.21. The molecule has 0 fully saturated rings. The molecule has 0 aliphatic carbocycles. The zero-order chi connectivity index (χ0) is 13.2. The van der Waals surface area contributed by atoms with Crippen LogP contribution in [0.3, 0.4) is 0 Å². The molecule has 7 heteroatoms. The second kappa shape index (κ2) is 5.19. The van der Waals surface area contributed by atoms with Gasteiger partial charge in [-0.05, 0) is 40.2 Å². The molecule has 0 atom stereocenters. The maximum absolute atomic E-state index is 12.7. The zero-order valence-corrected chi connectivity index (χ0v) is 11.7. The van der Waals surface area contributed by atoms with E-state index in [2.05, 4.69) is 21.0 Å². The van der Waals surface area contributed by atoms with Crippen LogP contribution in [-0.4, -0.2) is 24.0 Å². The molecule has 0 aliphatic heterocycles. The summed E-state index contributed by atoms with van der Waals surface area (Å²) in [7, 11) is -3.41. The van der Waals surface area contributed by atoms with Crippen molar-refractivity contribution in [2.75, 3.05) is 5.75 Å². The van der Waals surface area contributed by atoms with Crippen molar-refractivity contribution in [3.63, 3.8) is 0 Å². The smallest absolute Gasteiger partial charge is 0.180 e. The highest BCUT2D eigenvalue weighted by atomic mass is 79.9. The third-order valence-electron chi connectivity index (χ3n) is 2.36. The largest absolute Gasteiger partial charge is 0.271 e. The molecule has 2 rings (SSSR count). The van der Waals surface area contributed by atoms with Crippen molar-refractivity contribution in [3.8, 4) is 0 Å². The maximum atomic E-state index is 12.7. The summed E-state index contributed by atoms with van der Waals surface area (Å²) >= 11 is 3.23. The van der Waals surface area contributed by atoms with Crippen molar-refractivity contribution in [1.82, 2.24) is 9.78 Å². The normalized spacial score (nSPS) is 11.7. The summed E-state index contributed by atoms with van der Waals surface area (Å²) in [5.41, 5.74) is 0. The van der Waals surface area contributed by atoms with Crippen LogP contribution in [0.25, 0.3) is 0 Å². The van der Waals surface area contributed by atoms with Gasteiger partial charge in [0, 0.05) is 6.20 Å². The fourth-order valence-electron chi connectivity index (χ4n) is 1.43. The van der Waals surface area contributed by atoms with Crippen LogP contribution in [0.2, 0.25) is 0 Å². The molecule has 0 spiro atoms. The van der Waals surface area contributed by atoms with Gasteiger partial charge in [-0.25, -0.2) is 12.8 Å². The summed E-state index contributed by atoms with van der Waals surface area (Å²) in [5, 5.41) is 3.97. The number of aryl methyl sites for hydroxylation is 1.